The number of rotatable bonds is 4. The Morgan fingerprint density at radius 2 is 2.00 bits per heavy atom. The Bertz CT molecular complexity index is 995. The average Bonchev–Trinajstić information content (AvgIpc) is 2.97. The number of aryl methyl sites for hydroxylation is 1. The molecule has 2 heterocycles. The number of aromatic nitrogens is 2. The molecule has 0 spiro atoms. The molecule has 3 rings (SSSR count). The molecule has 0 bridgehead atoms. The van der Waals surface area contributed by atoms with Crippen molar-refractivity contribution in [1.82, 2.24) is 9.97 Å². The molecule has 2 aromatic rings. The average molecular weight is 454 g/mol. The summed E-state index contributed by atoms with van der Waals surface area (Å²) in [7, 11) is 1.42. The van der Waals surface area contributed by atoms with Gasteiger partial charge in [0.05, 0.1) is 25.3 Å². The lowest BCUT2D eigenvalue weighted by Gasteiger charge is -2.32. The molecule has 9 nitrogen and oxygen atoms in total. The first-order chi connectivity index (χ1) is 15.1. The molecule has 1 aliphatic heterocycles. The van der Waals surface area contributed by atoms with Crippen LogP contribution >= 0.6 is 0 Å². The predicted molar refractivity (Wildman–Crippen MR) is 106 cm³/mol. The number of halogens is 3. The molecule has 1 fully saturated rings. The molecule has 0 radical (unpaired) electrons. The standard InChI is InChI=1S/C20H21F3N4O5/c1-11-8-16(26-19(24)25-11)27-6-3-7-31-10-14(27)13-9-12(4-5-15(13)30-2)17(28)32-18(29)20(21,22)23/h4-5,8-9,14H,3,6-7,10H2,1-2H3,(H2,24,25,26). The molecule has 0 amide bonds. The van der Waals surface area contributed by atoms with Gasteiger partial charge in [-0.2, -0.15) is 18.2 Å². The summed E-state index contributed by atoms with van der Waals surface area (Å²) in [6, 6.07) is 5.15. The second-order valence-electron chi connectivity index (χ2n) is 6.99. The zero-order valence-electron chi connectivity index (χ0n) is 17.3. The second kappa shape index (κ2) is 9.39. The van der Waals surface area contributed by atoms with E-state index in [0.717, 1.165) is 0 Å². The van der Waals surface area contributed by atoms with E-state index in [0.29, 0.717) is 42.4 Å². The third kappa shape index (κ3) is 5.25. The van der Waals surface area contributed by atoms with Gasteiger partial charge in [-0.1, -0.05) is 0 Å². The van der Waals surface area contributed by atoms with Crippen LogP contribution in [0.25, 0.3) is 0 Å². The molecule has 1 saturated heterocycles. The lowest BCUT2D eigenvalue weighted by Crippen LogP contribution is -2.32. The highest BCUT2D eigenvalue weighted by Crippen LogP contribution is 2.35. The maximum absolute atomic E-state index is 12.5. The molecule has 172 valence electrons. The summed E-state index contributed by atoms with van der Waals surface area (Å²) in [6.07, 6.45) is -4.62. The van der Waals surface area contributed by atoms with Gasteiger partial charge in [0.1, 0.15) is 11.6 Å². The van der Waals surface area contributed by atoms with Crippen molar-refractivity contribution in [1.29, 1.82) is 0 Å². The van der Waals surface area contributed by atoms with Crippen molar-refractivity contribution in [2.24, 2.45) is 0 Å². The molecular weight excluding hydrogens is 433 g/mol. The number of ether oxygens (including phenoxy) is 3. The van der Waals surface area contributed by atoms with Crippen LogP contribution in [0.4, 0.5) is 24.9 Å². The molecule has 1 aromatic heterocycles. The summed E-state index contributed by atoms with van der Waals surface area (Å²) < 4.78 is 52.5. The van der Waals surface area contributed by atoms with E-state index in [9.17, 15) is 22.8 Å². The first-order valence-corrected chi connectivity index (χ1v) is 9.57. The minimum Gasteiger partial charge on any atom is -0.496 e. The van der Waals surface area contributed by atoms with Crippen LogP contribution in [0, 0.1) is 6.92 Å². The molecule has 1 aromatic carbocycles. The molecule has 1 atom stereocenters. The minimum absolute atomic E-state index is 0.0823. The Morgan fingerprint density at radius 3 is 2.66 bits per heavy atom. The van der Waals surface area contributed by atoms with Gasteiger partial charge in [-0.25, -0.2) is 14.6 Å². The van der Waals surface area contributed by atoms with Crippen molar-refractivity contribution >= 4 is 23.7 Å². The zero-order chi connectivity index (χ0) is 23.5. The predicted octanol–water partition coefficient (Wildman–Crippen LogP) is 2.59. The van der Waals surface area contributed by atoms with Crippen molar-refractivity contribution in [2.45, 2.75) is 25.6 Å². The number of carbonyl (C=O) groups excluding carboxylic acids is 2. The van der Waals surface area contributed by atoms with Crippen LogP contribution in [0.2, 0.25) is 0 Å². The molecule has 0 aliphatic carbocycles. The Kier molecular flexibility index (Phi) is 6.82. The molecular formula is C20H21F3N4O5. The molecule has 32 heavy (non-hydrogen) atoms. The zero-order valence-corrected chi connectivity index (χ0v) is 17.3. The van der Waals surface area contributed by atoms with E-state index in [2.05, 4.69) is 14.7 Å². The van der Waals surface area contributed by atoms with E-state index in [-0.39, 0.29) is 18.1 Å². The number of esters is 2. The molecule has 0 saturated carbocycles. The highest BCUT2D eigenvalue weighted by molar-refractivity contribution is 5.98. The summed E-state index contributed by atoms with van der Waals surface area (Å²) in [5.74, 6) is -3.06. The van der Waals surface area contributed by atoms with Gasteiger partial charge in [0.15, 0.2) is 0 Å². The van der Waals surface area contributed by atoms with E-state index in [1.807, 2.05) is 4.90 Å². The summed E-state index contributed by atoms with van der Waals surface area (Å²) in [6.45, 7) is 2.93. The van der Waals surface area contributed by atoms with Gasteiger partial charge in [0.2, 0.25) is 5.95 Å². The summed E-state index contributed by atoms with van der Waals surface area (Å²) >= 11 is 0. The smallest absolute Gasteiger partial charge is 0.491 e. The summed E-state index contributed by atoms with van der Waals surface area (Å²) in [4.78, 5) is 33.5. The number of benzene rings is 1. The van der Waals surface area contributed by atoms with Crippen molar-refractivity contribution in [3.8, 4) is 5.75 Å². The van der Waals surface area contributed by atoms with Crippen LogP contribution in [-0.4, -0.2) is 55.0 Å². The van der Waals surface area contributed by atoms with Gasteiger partial charge in [-0.15, -0.1) is 0 Å². The van der Waals surface area contributed by atoms with Gasteiger partial charge in [0, 0.05) is 30.5 Å². The van der Waals surface area contributed by atoms with Gasteiger partial charge in [-0.05, 0) is 31.5 Å². The van der Waals surface area contributed by atoms with E-state index in [4.69, 9.17) is 15.2 Å². The largest absolute Gasteiger partial charge is 0.496 e. The third-order valence-corrected chi connectivity index (χ3v) is 4.73. The van der Waals surface area contributed by atoms with Crippen LogP contribution in [0.3, 0.4) is 0 Å². The topological polar surface area (TPSA) is 117 Å². The van der Waals surface area contributed by atoms with Crippen LogP contribution < -0.4 is 15.4 Å². The molecule has 2 N–H and O–H groups in total. The number of anilines is 2. The molecule has 1 aliphatic rings. The monoisotopic (exact) mass is 454 g/mol. The Labute approximate surface area is 181 Å². The fourth-order valence-electron chi connectivity index (χ4n) is 3.35. The fraction of sp³-hybridized carbons (Fsp3) is 0.400. The number of alkyl halides is 3. The van der Waals surface area contributed by atoms with Gasteiger partial charge < -0.3 is 24.8 Å². The highest BCUT2D eigenvalue weighted by Gasteiger charge is 2.42. The number of nitrogen functional groups attached to an aromatic ring is 1. The van der Waals surface area contributed by atoms with Crippen LogP contribution in [0.5, 0.6) is 5.75 Å². The van der Waals surface area contributed by atoms with Crippen molar-refractivity contribution in [2.75, 3.05) is 37.5 Å². The van der Waals surface area contributed by atoms with Crippen LogP contribution in [0.15, 0.2) is 24.3 Å². The summed E-state index contributed by atoms with van der Waals surface area (Å²) in [5.41, 5.74) is 6.64. The van der Waals surface area contributed by atoms with E-state index >= 15 is 0 Å². The maximum Gasteiger partial charge on any atom is 0.491 e. The molecule has 12 heteroatoms. The van der Waals surface area contributed by atoms with Crippen LogP contribution in [-0.2, 0) is 14.3 Å². The van der Waals surface area contributed by atoms with Gasteiger partial charge in [0.25, 0.3) is 0 Å². The maximum atomic E-state index is 12.5. The van der Waals surface area contributed by atoms with Crippen molar-refractivity contribution in [3.63, 3.8) is 0 Å². The van der Waals surface area contributed by atoms with Gasteiger partial charge in [-0.3, -0.25) is 0 Å². The number of methoxy groups -OCH3 is 1. The fourth-order valence-corrected chi connectivity index (χ4v) is 3.35. The Morgan fingerprint density at radius 1 is 1.25 bits per heavy atom. The quantitative estimate of drug-likeness (QED) is 0.549. The Hall–Kier alpha value is -3.41. The first kappa shape index (κ1) is 23.3. The van der Waals surface area contributed by atoms with E-state index in [1.165, 1.54) is 25.3 Å². The highest BCUT2D eigenvalue weighted by atomic mass is 19.4. The SMILES string of the molecule is COc1ccc(C(=O)OC(=O)C(F)(F)F)cc1C1COCCCN1c1cc(C)nc(N)n1. The lowest BCUT2D eigenvalue weighted by molar-refractivity contribution is -0.193. The Balaban J connectivity index is 2.01. The van der Waals surface area contributed by atoms with Crippen molar-refractivity contribution < 1.29 is 37.0 Å². The third-order valence-electron chi connectivity index (χ3n) is 4.73. The normalized spacial score (nSPS) is 16.9. The summed E-state index contributed by atoms with van der Waals surface area (Å²) in [5, 5.41) is 0. The number of nitrogens with zero attached hydrogens (tertiary/aromatic N) is 3. The second-order valence-corrected chi connectivity index (χ2v) is 6.99. The lowest BCUT2D eigenvalue weighted by atomic mass is 10.0. The van der Waals surface area contributed by atoms with E-state index < -0.39 is 24.2 Å². The van der Waals surface area contributed by atoms with Crippen molar-refractivity contribution in [3.05, 3.63) is 41.1 Å². The molecule has 1 unspecified atom stereocenters. The number of hydrogen-bond donors (Lipinski definition) is 1. The number of carbonyl (C=O) groups is 2. The number of nitrogens with two attached hydrogens (primary N) is 1. The number of hydrogen-bond acceptors (Lipinski definition) is 9. The van der Waals surface area contributed by atoms with Gasteiger partial charge >= 0.3 is 18.1 Å². The minimum atomic E-state index is -5.29. The first-order valence-electron chi connectivity index (χ1n) is 9.57. The van der Waals surface area contributed by atoms with Crippen LogP contribution in [0.1, 0.15) is 34.1 Å². The van der Waals surface area contributed by atoms with E-state index in [1.54, 1.807) is 13.0 Å².